The maximum atomic E-state index is 9.37. The van der Waals surface area contributed by atoms with Gasteiger partial charge in [-0.3, -0.25) is 4.90 Å². The van der Waals surface area contributed by atoms with E-state index in [-0.39, 0.29) is 12.6 Å². The molecule has 1 unspecified atom stereocenters. The van der Waals surface area contributed by atoms with Gasteiger partial charge in [-0.05, 0) is 18.8 Å². The van der Waals surface area contributed by atoms with E-state index in [0.29, 0.717) is 12.0 Å². The largest absolute Gasteiger partial charge is 0.395 e. The molecule has 0 heterocycles. The summed E-state index contributed by atoms with van der Waals surface area (Å²) in [6, 6.07) is 1.45. The molecule has 0 spiro atoms. The van der Waals surface area contributed by atoms with Gasteiger partial charge in [0.1, 0.15) is 0 Å². The Morgan fingerprint density at radius 2 is 1.81 bits per heavy atom. The summed E-state index contributed by atoms with van der Waals surface area (Å²) in [5.41, 5.74) is 0. The summed E-state index contributed by atoms with van der Waals surface area (Å²) < 4.78 is 0. The Kier molecular flexibility index (Phi) is 5.73. The molecule has 0 bridgehead atoms. The molecular weight excluding hydrogens is 200 g/mol. The first kappa shape index (κ1) is 13.9. The maximum Gasteiger partial charge on any atom is 0.0597 e. The summed E-state index contributed by atoms with van der Waals surface area (Å²) in [5.74, 6) is 0.707. The number of nitrogens with one attached hydrogen (secondary N) is 1. The average molecular weight is 228 g/mol. The number of nitrogens with zero attached hydrogens (tertiary/aromatic N) is 1. The Hall–Kier alpha value is -0.120. The standard InChI is InChI=1S/C13H28N2O/c1-10(2)7-15(13-5-6-13)8-12(9-16)14-11(3)4/h10-14,16H,5-9H2,1-4H3. The van der Waals surface area contributed by atoms with Crippen molar-refractivity contribution >= 4 is 0 Å². The normalized spacial score (nSPS) is 18.8. The van der Waals surface area contributed by atoms with Crippen molar-refractivity contribution in [2.75, 3.05) is 19.7 Å². The van der Waals surface area contributed by atoms with Gasteiger partial charge < -0.3 is 10.4 Å². The van der Waals surface area contributed by atoms with Crippen LogP contribution < -0.4 is 5.32 Å². The van der Waals surface area contributed by atoms with Crippen LogP contribution in [0.15, 0.2) is 0 Å². The Labute approximate surface area is 100 Å². The summed E-state index contributed by atoms with van der Waals surface area (Å²) in [6.07, 6.45) is 2.68. The second kappa shape index (κ2) is 6.58. The molecule has 0 saturated heterocycles. The number of aliphatic hydroxyl groups is 1. The monoisotopic (exact) mass is 228 g/mol. The summed E-state index contributed by atoms with van der Waals surface area (Å²) in [4.78, 5) is 2.54. The Morgan fingerprint density at radius 3 is 2.19 bits per heavy atom. The first-order chi connectivity index (χ1) is 7.52. The lowest BCUT2D eigenvalue weighted by atomic mass is 10.1. The van der Waals surface area contributed by atoms with E-state index in [1.165, 1.54) is 12.8 Å². The van der Waals surface area contributed by atoms with Crippen LogP contribution in [0.25, 0.3) is 0 Å². The van der Waals surface area contributed by atoms with Gasteiger partial charge in [0.05, 0.1) is 6.61 Å². The van der Waals surface area contributed by atoms with Crippen LogP contribution in [0.4, 0.5) is 0 Å². The molecule has 3 nitrogen and oxygen atoms in total. The first-order valence-corrected chi connectivity index (χ1v) is 6.63. The van der Waals surface area contributed by atoms with Gasteiger partial charge in [0.2, 0.25) is 0 Å². The molecule has 0 amide bonds. The molecule has 0 aromatic heterocycles. The molecule has 1 aliphatic carbocycles. The minimum atomic E-state index is 0.222. The zero-order valence-corrected chi connectivity index (χ0v) is 11.2. The van der Waals surface area contributed by atoms with Gasteiger partial charge in [0.15, 0.2) is 0 Å². The molecule has 1 aliphatic rings. The molecule has 1 fully saturated rings. The third-order valence-corrected chi connectivity index (χ3v) is 2.91. The third-order valence-electron chi connectivity index (χ3n) is 2.91. The van der Waals surface area contributed by atoms with Gasteiger partial charge in [-0.1, -0.05) is 27.7 Å². The predicted molar refractivity (Wildman–Crippen MR) is 68.6 cm³/mol. The van der Waals surface area contributed by atoms with Crippen LogP contribution in [-0.4, -0.2) is 47.8 Å². The molecule has 0 aromatic rings. The second-order valence-corrected chi connectivity index (χ2v) is 5.78. The van der Waals surface area contributed by atoms with Gasteiger partial charge >= 0.3 is 0 Å². The van der Waals surface area contributed by atoms with Crippen molar-refractivity contribution in [2.24, 2.45) is 5.92 Å². The summed E-state index contributed by atoms with van der Waals surface area (Å²) in [5, 5.41) is 12.8. The van der Waals surface area contributed by atoms with Crippen molar-refractivity contribution < 1.29 is 5.11 Å². The van der Waals surface area contributed by atoms with E-state index < -0.39 is 0 Å². The fourth-order valence-electron chi connectivity index (χ4n) is 2.20. The zero-order chi connectivity index (χ0) is 12.1. The Morgan fingerprint density at radius 1 is 1.19 bits per heavy atom. The highest BCUT2D eigenvalue weighted by Gasteiger charge is 2.30. The van der Waals surface area contributed by atoms with Crippen LogP contribution in [0.5, 0.6) is 0 Å². The van der Waals surface area contributed by atoms with E-state index >= 15 is 0 Å². The van der Waals surface area contributed by atoms with Crippen molar-refractivity contribution in [2.45, 2.75) is 58.7 Å². The van der Waals surface area contributed by atoms with Gasteiger partial charge in [-0.25, -0.2) is 0 Å². The molecule has 0 aliphatic heterocycles. The highest BCUT2D eigenvalue weighted by Crippen LogP contribution is 2.27. The number of aliphatic hydroxyl groups excluding tert-OH is 1. The first-order valence-electron chi connectivity index (χ1n) is 6.63. The van der Waals surface area contributed by atoms with Crippen molar-refractivity contribution in [1.29, 1.82) is 0 Å². The van der Waals surface area contributed by atoms with Crippen LogP contribution in [0.1, 0.15) is 40.5 Å². The van der Waals surface area contributed by atoms with Crippen molar-refractivity contribution in [3.05, 3.63) is 0 Å². The van der Waals surface area contributed by atoms with Gasteiger partial charge in [0.25, 0.3) is 0 Å². The Bertz CT molecular complexity index is 190. The minimum absolute atomic E-state index is 0.222. The van der Waals surface area contributed by atoms with E-state index in [1.807, 2.05) is 0 Å². The van der Waals surface area contributed by atoms with Crippen LogP contribution in [0, 0.1) is 5.92 Å². The van der Waals surface area contributed by atoms with Crippen LogP contribution in [0.2, 0.25) is 0 Å². The molecule has 0 aromatic carbocycles. The zero-order valence-electron chi connectivity index (χ0n) is 11.2. The fraction of sp³-hybridized carbons (Fsp3) is 1.00. The molecule has 16 heavy (non-hydrogen) atoms. The van der Waals surface area contributed by atoms with Gasteiger partial charge in [-0.15, -0.1) is 0 Å². The molecule has 1 atom stereocenters. The van der Waals surface area contributed by atoms with Crippen molar-refractivity contribution in [1.82, 2.24) is 10.2 Å². The van der Waals surface area contributed by atoms with Crippen LogP contribution in [-0.2, 0) is 0 Å². The topological polar surface area (TPSA) is 35.5 Å². The van der Waals surface area contributed by atoms with E-state index in [9.17, 15) is 5.11 Å². The summed E-state index contributed by atoms with van der Waals surface area (Å²) in [6.45, 7) is 11.2. The molecule has 1 rings (SSSR count). The number of hydrogen-bond donors (Lipinski definition) is 2. The van der Waals surface area contributed by atoms with E-state index in [0.717, 1.165) is 19.1 Å². The van der Waals surface area contributed by atoms with Gasteiger partial charge in [0, 0.05) is 31.2 Å². The SMILES string of the molecule is CC(C)CN(CC(CO)NC(C)C)C1CC1. The lowest BCUT2D eigenvalue weighted by Crippen LogP contribution is -2.47. The third kappa shape index (κ3) is 5.28. The predicted octanol–water partition coefficient (Wildman–Crippen LogP) is 1.47. The van der Waals surface area contributed by atoms with Crippen molar-refractivity contribution in [3.8, 4) is 0 Å². The van der Waals surface area contributed by atoms with E-state index in [1.54, 1.807) is 0 Å². The lowest BCUT2D eigenvalue weighted by Gasteiger charge is -2.29. The molecule has 2 N–H and O–H groups in total. The average Bonchev–Trinajstić information content (AvgIpc) is 2.97. The van der Waals surface area contributed by atoms with Gasteiger partial charge in [-0.2, -0.15) is 0 Å². The smallest absolute Gasteiger partial charge is 0.0597 e. The van der Waals surface area contributed by atoms with E-state index in [2.05, 4.69) is 37.9 Å². The van der Waals surface area contributed by atoms with Crippen LogP contribution >= 0.6 is 0 Å². The van der Waals surface area contributed by atoms with Crippen molar-refractivity contribution in [3.63, 3.8) is 0 Å². The quantitative estimate of drug-likeness (QED) is 0.660. The number of rotatable bonds is 8. The maximum absolute atomic E-state index is 9.37. The molecule has 3 heteroatoms. The molecule has 0 radical (unpaired) electrons. The summed E-state index contributed by atoms with van der Waals surface area (Å²) in [7, 11) is 0. The van der Waals surface area contributed by atoms with E-state index in [4.69, 9.17) is 0 Å². The summed E-state index contributed by atoms with van der Waals surface area (Å²) >= 11 is 0. The lowest BCUT2D eigenvalue weighted by molar-refractivity contribution is 0.160. The number of hydrogen-bond acceptors (Lipinski definition) is 3. The Balaban J connectivity index is 2.38. The molecule has 1 saturated carbocycles. The molecule has 96 valence electrons. The minimum Gasteiger partial charge on any atom is -0.395 e. The fourth-order valence-corrected chi connectivity index (χ4v) is 2.20. The second-order valence-electron chi connectivity index (χ2n) is 5.78. The highest BCUT2D eigenvalue weighted by molar-refractivity contribution is 4.87. The molecular formula is C13H28N2O. The highest BCUT2D eigenvalue weighted by atomic mass is 16.3. The van der Waals surface area contributed by atoms with Crippen LogP contribution in [0.3, 0.4) is 0 Å².